The minimum atomic E-state index is -1.50. The van der Waals surface area contributed by atoms with Gasteiger partial charge < -0.3 is 25.2 Å². The number of anilines is 2. The van der Waals surface area contributed by atoms with Crippen LogP contribution < -0.4 is 15.7 Å². The first-order valence-electron chi connectivity index (χ1n) is 18.6. The van der Waals surface area contributed by atoms with Crippen molar-refractivity contribution in [2.75, 3.05) is 56.0 Å². The number of carbonyl (C=O) groups excluding carboxylic acids is 2. The predicted molar refractivity (Wildman–Crippen MR) is 217 cm³/mol. The third-order valence-electron chi connectivity index (χ3n) is 10.1. The van der Waals surface area contributed by atoms with E-state index in [-0.39, 0.29) is 17.7 Å². The largest absolute Gasteiger partial charge is 0.488 e. The Morgan fingerprint density at radius 3 is 2.26 bits per heavy atom. The molecule has 2 aliphatic rings. The third-order valence-corrected chi connectivity index (χ3v) is 10.1. The Morgan fingerprint density at radius 1 is 0.825 bits per heavy atom. The number of piperazine rings is 1. The van der Waals surface area contributed by atoms with Crippen LogP contribution in [0.4, 0.5) is 11.4 Å². The molecule has 2 fully saturated rings. The van der Waals surface area contributed by atoms with Gasteiger partial charge in [0.05, 0.1) is 41.2 Å². The van der Waals surface area contributed by atoms with E-state index in [9.17, 15) is 14.9 Å². The number of benzene rings is 4. The van der Waals surface area contributed by atoms with E-state index >= 15 is 0 Å². The molecule has 8 rings (SSSR count). The number of hydrogen-bond donors (Lipinski definition) is 4. The lowest BCUT2D eigenvalue weighted by atomic mass is 9.80. The quantitative estimate of drug-likeness (QED) is 0.166. The summed E-state index contributed by atoms with van der Waals surface area (Å²) in [4.78, 5) is 41.3. The Labute approximate surface area is 329 Å². The van der Waals surface area contributed by atoms with Gasteiger partial charge in [-0.1, -0.05) is 24.3 Å². The summed E-state index contributed by atoms with van der Waals surface area (Å²) < 4.78 is 0. The maximum Gasteiger partial charge on any atom is 0.488 e. The second-order valence-corrected chi connectivity index (χ2v) is 13.8. The Bertz CT molecular complexity index is 2440. The van der Waals surface area contributed by atoms with E-state index in [0.717, 1.165) is 46.5 Å². The Balaban J connectivity index is 0.000000391. The molecule has 0 aliphatic carbocycles. The van der Waals surface area contributed by atoms with Crippen molar-refractivity contribution in [1.82, 2.24) is 30.0 Å². The number of nitrogens with one attached hydrogen (secondary N) is 2. The van der Waals surface area contributed by atoms with Crippen molar-refractivity contribution in [2.24, 2.45) is 5.92 Å². The fraction of sp³-hybridized carbons (Fsp3) is 0.214. The second kappa shape index (κ2) is 17.7. The molecule has 0 bridgehead atoms. The van der Waals surface area contributed by atoms with E-state index in [1.807, 2.05) is 53.4 Å². The molecule has 57 heavy (non-hydrogen) atoms. The predicted octanol–water partition coefficient (Wildman–Crippen LogP) is 3.41. The van der Waals surface area contributed by atoms with Crippen molar-refractivity contribution in [1.29, 1.82) is 10.5 Å². The minimum absolute atomic E-state index is 0.0516. The zero-order valence-corrected chi connectivity index (χ0v) is 31.0. The standard InChI is InChI=1S/C35H33N9O2.C7H6BNO2/c36-21-24-3-1-4-26(19-24)33-30-20-28(7-10-31(30)40-41-33)39-35(46)27-11-14-42(22-27)23-32(45)44-17-15-43(16-18-44)29-8-5-25(6-9-29)34-37-12-2-13-38-34;9-5-6-2-1-3-7(4-6)8(10)11/h1-10,12-13,19-20,27H,11,14-18,22-23H2,(H,39,46)(H,40,41);1-4,10-11H/t27-;/m1./s1. The monoisotopic (exact) mass is 758 g/mol. The molecule has 1 atom stereocenters. The summed E-state index contributed by atoms with van der Waals surface area (Å²) in [5.74, 6) is 0.566. The third kappa shape index (κ3) is 9.32. The van der Waals surface area contributed by atoms with E-state index in [1.165, 1.54) is 6.07 Å². The van der Waals surface area contributed by atoms with Crippen LogP contribution in [0.3, 0.4) is 0 Å². The first kappa shape index (κ1) is 38.4. The Morgan fingerprint density at radius 2 is 1.54 bits per heavy atom. The summed E-state index contributed by atoms with van der Waals surface area (Å²) in [6, 6.07) is 33.3. The topological polar surface area (TPSA) is 198 Å². The average Bonchev–Trinajstić information content (AvgIpc) is 3.92. The molecular formula is C42H39BN10O4. The minimum Gasteiger partial charge on any atom is -0.423 e. The van der Waals surface area contributed by atoms with Gasteiger partial charge >= 0.3 is 7.12 Å². The van der Waals surface area contributed by atoms with Crippen LogP contribution in [0, 0.1) is 28.6 Å². The molecular weight excluding hydrogens is 719 g/mol. The maximum absolute atomic E-state index is 13.2. The van der Waals surface area contributed by atoms with Gasteiger partial charge in [-0.25, -0.2) is 9.97 Å². The number of hydrogen-bond acceptors (Lipinski definition) is 11. The fourth-order valence-electron chi connectivity index (χ4n) is 7.03. The number of nitrogens with zero attached hydrogens (tertiary/aromatic N) is 8. The van der Waals surface area contributed by atoms with Crippen molar-refractivity contribution in [3.05, 3.63) is 121 Å². The number of nitriles is 2. The number of H-pyrrole nitrogens is 1. The van der Waals surface area contributed by atoms with Gasteiger partial charge in [0.2, 0.25) is 11.8 Å². The number of carbonyl (C=O) groups is 2. The van der Waals surface area contributed by atoms with Gasteiger partial charge in [-0.3, -0.25) is 19.6 Å². The van der Waals surface area contributed by atoms with Crippen LogP contribution in [0.1, 0.15) is 17.5 Å². The van der Waals surface area contributed by atoms with Crippen LogP contribution in [0.15, 0.2) is 109 Å². The van der Waals surface area contributed by atoms with E-state index in [2.05, 4.69) is 53.5 Å². The summed E-state index contributed by atoms with van der Waals surface area (Å²) >= 11 is 0. The van der Waals surface area contributed by atoms with E-state index in [1.54, 1.807) is 48.8 Å². The molecule has 0 spiro atoms. The summed E-state index contributed by atoms with van der Waals surface area (Å²) in [7, 11) is -1.50. The van der Waals surface area contributed by atoms with Crippen molar-refractivity contribution in [2.45, 2.75) is 6.42 Å². The van der Waals surface area contributed by atoms with Gasteiger partial charge in [0, 0.05) is 73.0 Å². The molecule has 2 aromatic heterocycles. The van der Waals surface area contributed by atoms with Crippen molar-refractivity contribution in [3.63, 3.8) is 0 Å². The first-order chi connectivity index (χ1) is 27.8. The molecule has 0 unspecified atom stereocenters. The molecule has 4 heterocycles. The smallest absolute Gasteiger partial charge is 0.423 e. The summed E-state index contributed by atoms with van der Waals surface area (Å²) in [6.45, 7) is 4.45. The molecule has 2 amide bonds. The Kier molecular flexibility index (Phi) is 11.9. The van der Waals surface area contributed by atoms with Crippen molar-refractivity contribution in [3.8, 4) is 34.8 Å². The lowest BCUT2D eigenvalue weighted by Gasteiger charge is -2.36. The lowest BCUT2D eigenvalue weighted by molar-refractivity contribution is -0.132. The van der Waals surface area contributed by atoms with Crippen molar-refractivity contribution >= 4 is 46.7 Å². The van der Waals surface area contributed by atoms with Gasteiger partial charge in [-0.2, -0.15) is 15.6 Å². The molecule has 4 aromatic carbocycles. The zero-order valence-electron chi connectivity index (χ0n) is 31.0. The Hall–Kier alpha value is -6.91. The van der Waals surface area contributed by atoms with Crippen molar-refractivity contribution < 1.29 is 19.6 Å². The zero-order chi connectivity index (χ0) is 39.7. The molecule has 2 aliphatic heterocycles. The highest BCUT2D eigenvalue weighted by Gasteiger charge is 2.31. The van der Waals surface area contributed by atoms with Crippen LogP contribution in [-0.4, -0.2) is 105 Å². The highest BCUT2D eigenvalue weighted by Crippen LogP contribution is 2.30. The van der Waals surface area contributed by atoms with Gasteiger partial charge in [-0.15, -0.1) is 0 Å². The number of fused-ring (bicyclic) bond motifs is 1. The SMILES string of the molecule is N#Cc1cccc(-c2n[nH]c3ccc(NC(=O)[C@@H]4CCN(CC(=O)N5CCN(c6ccc(-c7ncccn7)cc6)CC5)C4)cc23)c1.N#Cc1cccc(B(O)O)c1. The molecule has 15 heteroatoms. The molecule has 0 saturated carbocycles. The van der Waals surface area contributed by atoms with E-state index in [4.69, 9.17) is 15.3 Å². The number of likely N-dealkylation sites (tertiary alicyclic amines) is 1. The number of rotatable bonds is 8. The lowest BCUT2D eigenvalue weighted by Crippen LogP contribution is -2.51. The van der Waals surface area contributed by atoms with Gasteiger partial charge in [-0.05, 0) is 91.2 Å². The average molecular weight is 759 g/mol. The highest BCUT2D eigenvalue weighted by atomic mass is 16.4. The van der Waals surface area contributed by atoms with E-state index in [0.29, 0.717) is 67.2 Å². The summed E-state index contributed by atoms with van der Waals surface area (Å²) in [5, 5.41) is 46.5. The van der Waals surface area contributed by atoms with Gasteiger partial charge in [0.25, 0.3) is 0 Å². The van der Waals surface area contributed by atoms with Crippen LogP contribution in [0.2, 0.25) is 0 Å². The maximum atomic E-state index is 13.2. The fourth-order valence-corrected chi connectivity index (χ4v) is 7.03. The molecule has 6 aromatic rings. The number of aromatic amines is 1. The summed E-state index contributed by atoms with van der Waals surface area (Å²) in [5.41, 5.74) is 6.51. The van der Waals surface area contributed by atoms with Crippen LogP contribution >= 0.6 is 0 Å². The van der Waals surface area contributed by atoms with Crippen LogP contribution in [-0.2, 0) is 9.59 Å². The first-order valence-corrected chi connectivity index (χ1v) is 18.6. The molecule has 14 nitrogen and oxygen atoms in total. The van der Waals surface area contributed by atoms with Crippen LogP contribution in [0.25, 0.3) is 33.5 Å². The molecule has 4 N–H and O–H groups in total. The van der Waals surface area contributed by atoms with Crippen LogP contribution in [0.5, 0.6) is 0 Å². The second-order valence-electron chi connectivity index (χ2n) is 13.8. The molecule has 0 radical (unpaired) electrons. The number of amides is 2. The molecule has 2 saturated heterocycles. The highest BCUT2D eigenvalue weighted by molar-refractivity contribution is 6.58. The molecule has 284 valence electrons. The summed E-state index contributed by atoms with van der Waals surface area (Å²) in [6.07, 6.45) is 4.18. The number of aromatic nitrogens is 4. The van der Waals surface area contributed by atoms with Gasteiger partial charge in [0.1, 0.15) is 5.69 Å². The normalized spacial score (nSPS) is 15.3. The van der Waals surface area contributed by atoms with E-state index < -0.39 is 7.12 Å². The van der Waals surface area contributed by atoms with Gasteiger partial charge in [0.15, 0.2) is 5.82 Å².